The first-order valence-electron chi connectivity index (χ1n) is 9.47. The van der Waals surface area contributed by atoms with Gasteiger partial charge < -0.3 is 9.42 Å². The summed E-state index contributed by atoms with van der Waals surface area (Å²) in [5.74, 6) is 0.509. The SMILES string of the molecule is CCc1noc(CN(C)C(=O)c2ccccc2NS(=O)(=O)c2cc(C)ccc2C)n1. The molecule has 0 aliphatic rings. The molecule has 8 nitrogen and oxygen atoms in total. The van der Waals surface area contributed by atoms with E-state index in [2.05, 4.69) is 14.9 Å². The summed E-state index contributed by atoms with van der Waals surface area (Å²) in [6.45, 7) is 5.58. The van der Waals surface area contributed by atoms with Crippen LogP contribution in [0.5, 0.6) is 0 Å². The number of hydrogen-bond acceptors (Lipinski definition) is 6. The van der Waals surface area contributed by atoms with Gasteiger partial charge in [-0.25, -0.2) is 8.42 Å². The first-order valence-corrected chi connectivity index (χ1v) is 11.0. The third kappa shape index (κ3) is 4.68. The molecule has 0 aliphatic heterocycles. The molecule has 1 heterocycles. The van der Waals surface area contributed by atoms with E-state index >= 15 is 0 Å². The van der Waals surface area contributed by atoms with E-state index in [1.54, 1.807) is 50.4 Å². The molecule has 0 saturated heterocycles. The van der Waals surface area contributed by atoms with Crippen LogP contribution < -0.4 is 4.72 Å². The zero-order chi connectivity index (χ0) is 21.9. The molecular formula is C21H24N4O4S. The lowest BCUT2D eigenvalue weighted by Gasteiger charge is -2.18. The highest BCUT2D eigenvalue weighted by atomic mass is 32.2. The predicted octanol–water partition coefficient (Wildman–Crippen LogP) is 3.32. The number of anilines is 1. The normalized spacial score (nSPS) is 11.3. The minimum absolute atomic E-state index is 0.115. The summed E-state index contributed by atoms with van der Waals surface area (Å²) in [5.41, 5.74) is 1.88. The molecule has 9 heteroatoms. The van der Waals surface area contributed by atoms with Crippen molar-refractivity contribution >= 4 is 21.6 Å². The van der Waals surface area contributed by atoms with Crippen molar-refractivity contribution in [2.45, 2.75) is 38.6 Å². The van der Waals surface area contributed by atoms with Crippen molar-refractivity contribution in [3.8, 4) is 0 Å². The van der Waals surface area contributed by atoms with Crippen LogP contribution in [-0.4, -0.2) is 36.4 Å². The molecule has 0 aliphatic carbocycles. The lowest BCUT2D eigenvalue weighted by atomic mass is 10.1. The minimum atomic E-state index is -3.87. The Balaban J connectivity index is 1.86. The Morgan fingerprint density at radius 1 is 1.17 bits per heavy atom. The maximum Gasteiger partial charge on any atom is 0.262 e. The fraction of sp³-hybridized carbons (Fsp3) is 0.286. The maximum absolute atomic E-state index is 13.0. The Bertz CT molecular complexity index is 1170. The summed E-state index contributed by atoms with van der Waals surface area (Å²) >= 11 is 0. The van der Waals surface area contributed by atoms with Crippen LogP contribution in [0.15, 0.2) is 51.9 Å². The molecule has 1 aromatic heterocycles. The number of amides is 1. The van der Waals surface area contributed by atoms with E-state index in [1.165, 1.54) is 4.90 Å². The fourth-order valence-electron chi connectivity index (χ4n) is 2.93. The number of hydrogen-bond donors (Lipinski definition) is 1. The summed E-state index contributed by atoms with van der Waals surface area (Å²) in [6.07, 6.45) is 0.629. The molecule has 2 aromatic carbocycles. The van der Waals surface area contributed by atoms with Gasteiger partial charge in [-0.15, -0.1) is 0 Å². The largest absolute Gasteiger partial charge is 0.337 e. The van der Waals surface area contributed by atoms with E-state index in [0.29, 0.717) is 23.7 Å². The second-order valence-corrected chi connectivity index (χ2v) is 8.69. The van der Waals surface area contributed by atoms with Crippen LogP contribution in [0.2, 0.25) is 0 Å². The van der Waals surface area contributed by atoms with Gasteiger partial charge in [0.2, 0.25) is 5.89 Å². The summed E-state index contributed by atoms with van der Waals surface area (Å²) in [7, 11) is -2.28. The topological polar surface area (TPSA) is 105 Å². The molecule has 0 unspecified atom stereocenters. The smallest absolute Gasteiger partial charge is 0.262 e. The third-order valence-corrected chi connectivity index (χ3v) is 6.09. The highest BCUT2D eigenvalue weighted by Gasteiger charge is 2.23. The number of nitrogens with one attached hydrogen (secondary N) is 1. The van der Waals surface area contributed by atoms with Crippen LogP contribution in [0, 0.1) is 13.8 Å². The first-order chi connectivity index (χ1) is 14.2. The van der Waals surface area contributed by atoms with Gasteiger partial charge in [0.1, 0.15) is 0 Å². The molecule has 0 spiro atoms. The van der Waals surface area contributed by atoms with E-state index in [0.717, 1.165) is 5.56 Å². The van der Waals surface area contributed by atoms with Gasteiger partial charge in [0.25, 0.3) is 15.9 Å². The monoisotopic (exact) mass is 428 g/mol. The number of aromatic nitrogens is 2. The van der Waals surface area contributed by atoms with E-state index in [9.17, 15) is 13.2 Å². The summed E-state index contributed by atoms with van der Waals surface area (Å²) in [4.78, 5) is 18.8. The zero-order valence-corrected chi connectivity index (χ0v) is 18.2. The Labute approximate surface area is 176 Å². The summed E-state index contributed by atoms with van der Waals surface area (Å²) in [6, 6.07) is 11.7. The molecule has 158 valence electrons. The molecule has 3 aromatic rings. The molecular weight excluding hydrogens is 404 g/mol. The van der Waals surface area contributed by atoms with Gasteiger partial charge in [-0.2, -0.15) is 4.98 Å². The van der Waals surface area contributed by atoms with E-state index < -0.39 is 10.0 Å². The number of carbonyl (C=O) groups is 1. The molecule has 30 heavy (non-hydrogen) atoms. The molecule has 0 bridgehead atoms. The van der Waals surface area contributed by atoms with Crippen molar-refractivity contribution in [1.29, 1.82) is 0 Å². The van der Waals surface area contributed by atoms with Crippen LogP contribution in [0.25, 0.3) is 0 Å². The molecule has 1 amide bonds. The zero-order valence-electron chi connectivity index (χ0n) is 17.3. The van der Waals surface area contributed by atoms with Crippen molar-refractivity contribution in [2.24, 2.45) is 0 Å². The van der Waals surface area contributed by atoms with Gasteiger partial charge in [-0.1, -0.05) is 36.3 Å². The predicted molar refractivity (Wildman–Crippen MR) is 113 cm³/mol. The van der Waals surface area contributed by atoms with Gasteiger partial charge >= 0.3 is 0 Å². The van der Waals surface area contributed by atoms with Crippen LogP contribution in [0.1, 0.15) is 40.1 Å². The van der Waals surface area contributed by atoms with E-state index in [1.807, 2.05) is 19.9 Å². The summed E-state index contributed by atoms with van der Waals surface area (Å²) in [5, 5.41) is 3.82. The standard InChI is InChI=1S/C21H24N4O4S/c1-5-19-22-20(29-23-19)13-25(4)21(26)16-8-6-7-9-17(16)24-30(27,28)18-12-14(2)10-11-15(18)3/h6-12,24H,5,13H2,1-4H3. The van der Waals surface area contributed by atoms with Crippen LogP contribution >= 0.6 is 0 Å². The highest BCUT2D eigenvalue weighted by Crippen LogP contribution is 2.24. The first kappa shape index (κ1) is 21.5. The van der Waals surface area contributed by atoms with Gasteiger partial charge in [0.15, 0.2) is 5.82 Å². The van der Waals surface area contributed by atoms with E-state index in [-0.39, 0.29) is 28.6 Å². The molecule has 1 N–H and O–H groups in total. The van der Waals surface area contributed by atoms with Crippen molar-refractivity contribution in [1.82, 2.24) is 15.0 Å². The van der Waals surface area contributed by atoms with Crippen molar-refractivity contribution < 1.29 is 17.7 Å². The lowest BCUT2D eigenvalue weighted by Crippen LogP contribution is -2.28. The number of sulfonamides is 1. The molecule has 0 fully saturated rings. The number of benzene rings is 2. The van der Waals surface area contributed by atoms with Crippen molar-refractivity contribution in [2.75, 3.05) is 11.8 Å². The Kier molecular flexibility index (Phi) is 6.21. The van der Waals surface area contributed by atoms with Crippen LogP contribution in [0.4, 0.5) is 5.69 Å². The second-order valence-electron chi connectivity index (χ2n) is 7.04. The third-order valence-electron chi connectivity index (χ3n) is 4.58. The average molecular weight is 429 g/mol. The average Bonchev–Trinajstić information content (AvgIpc) is 3.17. The molecule has 0 atom stereocenters. The highest BCUT2D eigenvalue weighted by molar-refractivity contribution is 7.92. The van der Waals surface area contributed by atoms with Gasteiger partial charge in [-0.05, 0) is 43.2 Å². The second kappa shape index (κ2) is 8.66. The number of rotatable bonds is 7. The lowest BCUT2D eigenvalue weighted by molar-refractivity contribution is 0.0770. The van der Waals surface area contributed by atoms with Gasteiger partial charge in [0, 0.05) is 13.5 Å². The number of para-hydroxylation sites is 1. The number of nitrogens with zero attached hydrogens (tertiary/aromatic N) is 3. The maximum atomic E-state index is 13.0. The van der Waals surface area contributed by atoms with Crippen LogP contribution in [-0.2, 0) is 23.0 Å². The van der Waals surface area contributed by atoms with Gasteiger partial charge in [-0.3, -0.25) is 9.52 Å². The Morgan fingerprint density at radius 3 is 2.60 bits per heavy atom. The summed E-state index contributed by atoms with van der Waals surface area (Å²) < 4.78 is 33.6. The van der Waals surface area contributed by atoms with Crippen molar-refractivity contribution in [3.63, 3.8) is 0 Å². The van der Waals surface area contributed by atoms with Crippen LogP contribution in [0.3, 0.4) is 0 Å². The Morgan fingerprint density at radius 2 is 1.90 bits per heavy atom. The molecule has 0 saturated carbocycles. The number of carbonyl (C=O) groups excluding carboxylic acids is 1. The van der Waals surface area contributed by atoms with Crippen molar-refractivity contribution in [3.05, 3.63) is 70.9 Å². The fourth-order valence-corrected chi connectivity index (χ4v) is 4.34. The minimum Gasteiger partial charge on any atom is -0.337 e. The number of aryl methyl sites for hydroxylation is 3. The Hall–Kier alpha value is -3.20. The molecule has 0 radical (unpaired) electrons. The molecule has 3 rings (SSSR count). The van der Waals surface area contributed by atoms with E-state index in [4.69, 9.17) is 4.52 Å². The van der Waals surface area contributed by atoms with Gasteiger partial charge in [0.05, 0.1) is 22.7 Å². The quantitative estimate of drug-likeness (QED) is 0.619.